The van der Waals surface area contributed by atoms with Crippen LogP contribution in [0.1, 0.15) is 53.6 Å². The largest absolute Gasteiger partial charge is 0.477 e. The van der Waals surface area contributed by atoms with Crippen LogP contribution in [-0.2, 0) is 11.3 Å². The van der Waals surface area contributed by atoms with Crippen LogP contribution in [0.4, 0.5) is 0 Å². The lowest BCUT2D eigenvalue weighted by Crippen LogP contribution is -1.94. The summed E-state index contributed by atoms with van der Waals surface area (Å²) in [5, 5.41) is 8.76. The normalized spacial score (nSPS) is 10.6. The highest BCUT2D eigenvalue weighted by atomic mass is 32.1. The van der Waals surface area contributed by atoms with Crippen molar-refractivity contribution in [3.8, 4) is 0 Å². The van der Waals surface area contributed by atoms with E-state index in [2.05, 4.69) is 6.92 Å². The van der Waals surface area contributed by atoms with Gasteiger partial charge in [-0.1, -0.05) is 32.6 Å². The Morgan fingerprint density at radius 1 is 1.29 bits per heavy atom. The molecular weight excluding hydrogens is 236 g/mol. The van der Waals surface area contributed by atoms with Gasteiger partial charge < -0.3 is 9.84 Å². The van der Waals surface area contributed by atoms with Gasteiger partial charge in [0, 0.05) is 11.5 Å². The zero-order valence-electron chi connectivity index (χ0n) is 10.3. The molecule has 17 heavy (non-hydrogen) atoms. The lowest BCUT2D eigenvalue weighted by molar-refractivity contribution is 0.0702. The highest BCUT2D eigenvalue weighted by Crippen LogP contribution is 2.17. The minimum Gasteiger partial charge on any atom is -0.477 e. The molecule has 96 valence electrons. The summed E-state index contributed by atoms with van der Waals surface area (Å²) in [6.45, 7) is 3.50. The molecule has 0 aliphatic rings. The van der Waals surface area contributed by atoms with Crippen molar-refractivity contribution in [2.24, 2.45) is 0 Å². The molecule has 0 aromatic carbocycles. The zero-order valence-corrected chi connectivity index (χ0v) is 11.1. The van der Waals surface area contributed by atoms with E-state index in [4.69, 9.17) is 9.84 Å². The molecule has 0 atom stereocenters. The highest BCUT2D eigenvalue weighted by molar-refractivity contribution is 7.13. The Morgan fingerprint density at radius 3 is 2.71 bits per heavy atom. The molecule has 0 bridgehead atoms. The molecule has 0 spiro atoms. The third kappa shape index (κ3) is 5.84. The van der Waals surface area contributed by atoms with E-state index in [0.717, 1.165) is 17.9 Å². The standard InChI is InChI=1S/C13H20O3S/c1-2-3-4-5-6-9-16-10-11-7-8-12(17-11)13(14)15/h7-8H,2-6,9-10H2,1H3,(H,14,15). The summed E-state index contributed by atoms with van der Waals surface area (Å²) in [5.74, 6) is -0.860. The Bertz CT molecular complexity index is 333. The van der Waals surface area contributed by atoms with Gasteiger partial charge in [-0.2, -0.15) is 0 Å². The van der Waals surface area contributed by atoms with Crippen molar-refractivity contribution in [3.05, 3.63) is 21.9 Å². The number of hydrogen-bond acceptors (Lipinski definition) is 3. The third-order valence-corrected chi connectivity index (χ3v) is 3.56. The molecule has 0 aliphatic carbocycles. The molecule has 3 nitrogen and oxygen atoms in total. The number of rotatable bonds is 9. The number of thiophene rings is 1. The van der Waals surface area contributed by atoms with E-state index in [1.165, 1.54) is 37.0 Å². The molecule has 0 radical (unpaired) electrons. The fraction of sp³-hybridized carbons (Fsp3) is 0.615. The average Bonchev–Trinajstić information content (AvgIpc) is 2.77. The summed E-state index contributed by atoms with van der Waals surface area (Å²) >= 11 is 1.29. The predicted octanol–water partition coefficient (Wildman–Crippen LogP) is 3.93. The molecule has 1 rings (SSSR count). The van der Waals surface area contributed by atoms with Gasteiger partial charge in [-0.3, -0.25) is 0 Å². The first-order valence-corrected chi connectivity index (χ1v) is 6.95. The van der Waals surface area contributed by atoms with Gasteiger partial charge in [0.05, 0.1) is 6.61 Å². The Labute approximate surface area is 106 Å². The molecular formula is C13H20O3S. The van der Waals surface area contributed by atoms with E-state index >= 15 is 0 Å². The van der Waals surface area contributed by atoms with Crippen molar-refractivity contribution in [2.45, 2.75) is 45.6 Å². The number of carboxylic acids is 1. The number of carboxylic acid groups (broad SMARTS) is 1. The fourth-order valence-electron chi connectivity index (χ4n) is 1.55. The molecule has 1 aromatic heterocycles. The van der Waals surface area contributed by atoms with E-state index in [-0.39, 0.29) is 0 Å². The number of aromatic carboxylic acids is 1. The van der Waals surface area contributed by atoms with Gasteiger partial charge in [-0.25, -0.2) is 4.79 Å². The van der Waals surface area contributed by atoms with E-state index in [0.29, 0.717) is 11.5 Å². The van der Waals surface area contributed by atoms with E-state index in [1.54, 1.807) is 6.07 Å². The quantitative estimate of drug-likeness (QED) is 0.681. The van der Waals surface area contributed by atoms with Gasteiger partial charge in [0.2, 0.25) is 0 Å². The van der Waals surface area contributed by atoms with Crippen molar-refractivity contribution >= 4 is 17.3 Å². The molecule has 0 aliphatic heterocycles. The Kier molecular flexibility index (Phi) is 6.89. The van der Waals surface area contributed by atoms with Crippen LogP contribution in [-0.4, -0.2) is 17.7 Å². The lowest BCUT2D eigenvalue weighted by atomic mass is 10.2. The van der Waals surface area contributed by atoms with Crippen LogP contribution in [0.5, 0.6) is 0 Å². The molecule has 1 N–H and O–H groups in total. The van der Waals surface area contributed by atoms with Gasteiger partial charge >= 0.3 is 5.97 Å². The maximum atomic E-state index is 10.7. The zero-order chi connectivity index (χ0) is 12.5. The maximum absolute atomic E-state index is 10.7. The minimum absolute atomic E-state index is 0.381. The van der Waals surface area contributed by atoms with Gasteiger partial charge in [0.1, 0.15) is 4.88 Å². The summed E-state index contributed by atoms with van der Waals surface area (Å²) in [6, 6.07) is 3.46. The summed E-state index contributed by atoms with van der Waals surface area (Å²) in [5.41, 5.74) is 0. The molecule has 0 fully saturated rings. The van der Waals surface area contributed by atoms with Crippen molar-refractivity contribution in [3.63, 3.8) is 0 Å². The van der Waals surface area contributed by atoms with Gasteiger partial charge in [0.25, 0.3) is 0 Å². The SMILES string of the molecule is CCCCCCCOCc1ccc(C(=O)O)s1. The number of carbonyl (C=O) groups is 1. The van der Waals surface area contributed by atoms with Crippen LogP contribution in [0.15, 0.2) is 12.1 Å². The van der Waals surface area contributed by atoms with Crippen LogP contribution < -0.4 is 0 Å². The number of ether oxygens (including phenoxy) is 1. The molecule has 0 unspecified atom stereocenters. The van der Waals surface area contributed by atoms with Crippen molar-refractivity contribution in [1.29, 1.82) is 0 Å². The van der Waals surface area contributed by atoms with E-state index in [9.17, 15) is 4.79 Å². The maximum Gasteiger partial charge on any atom is 0.345 e. The Balaban J connectivity index is 2.07. The topological polar surface area (TPSA) is 46.5 Å². The van der Waals surface area contributed by atoms with Crippen molar-refractivity contribution in [1.82, 2.24) is 0 Å². The average molecular weight is 256 g/mol. The van der Waals surface area contributed by atoms with E-state index < -0.39 is 5.97 Å². The highest BCUT2D eigenvalue weighted by Gasteiger charge is 2.06. The first-order chi connectivity index (χ1) is 8.24. The minimum atomic E-state index is -0.860. The summed E-state index contributed by atoms with van der Waals surface area (Å²) in [6.07, 6.45) is 6.15. The van der Waals surface area contributed by atoms with Crippen molar-refractivity contribution in [2.75, 3.05) is 6.61 Å². The van der Waals surface area contributed by atoms with Crippen LogP contribution >= 0.6 is 11.3 Å². The van der Waals surface area contributed by atoms with E-state index in [1.807, 2.05) is 6.07 Å². The Hall–Kier alpha value is -0.870. The van der Waals surface area contributed by atoms with Gasteiger partial charge in [0.15, 0.2) is 0 Å². The van der Waals surface area contributed by atoms with Crippen LogP contribution in [0.25, 0.3) is 0 Å². The summed E-state index contributed by atoms with van der Waals surface area (Å²) < 4.78 is 5.51. The summed E-state index contributed by atoms with van der Waals surface area (Å²) in [4.78, 5) is 12.0. The molecule has 0 saturated carbocycles. The number of unbranched alkanes of at least 4 members (excludes halogenated alkanes) is 4. The van der Waals surface area contributed by atoms with Crippen LogP contribution in [0.2, 0.25) is 0 Å². The number of hydrogen-bond donors (Lipinski definition) is 1. The van der Waals surface area contributed by atoms with Crippen LogP contribution in [0, 0.1) is 0 Å². The second-order valence-electron chi connectivity index (χ2n) is 4.04. The fourth-order valence-corrected chi connectivity index (χ4v) is 2.34. The Morgan fingerprint density at radius 2 is 2.06 bits per heavy atom. The first-order valence-electron chi connectivity index (χ1n) is 6.13. The molecule has 4 heteroatoms. The lowest BCUT2D eigenvalue weighted by Gasteiger charge is -2.02. The molecule has 1 heterocycles. The van der Waals surface area contributed by atoms with Crippen molar-refractivity contribution < 1.29 is 14.6 Å². The smallest absolute Gasteiger partial charge is 0.345 e. The second-order valence-corrected chi connectivity index (χ2v) is 5.21. The first kappa shape index (κ1) is 14.2. The van der Waals surface area contributed by atoms with Crippen LogP contribution in [0.3, 0.4) is 0 Å². The monoisotopic (exact) mass is 256 g/mol. The predicted molar refractivity (Wildman–Crippen MR) is 69.7 cm³/mol. The van der Waals surface area contributed by atoms with Gasteiger partial charge in [-0.15, -0.1) is 11.3 Å². The molecule has 1 aromatic rings. The molecule has 0 saturated heterocycles. The molecule has 0 amide bonds. The van der Waals surface area contributed by atoms with Gasteiger partial charge in [-0.05, 0) is 18.6 Å². The second kappa shape index (κ2) is 8.25. The summed E-state index contributed by atoms with van der Waals surface area (Å²) in [7, 11) is 0. The third-order valence-electron chi connectivity index (χ3n) is 2.51.